The minimum atomic E-state index is -4.06. The number of benzene rings is 2. The van der Waals surface area contributed by atoms with E-state index >= 15 is 0 Å². The van der Waals surface area contributed by atoms with Crippen LogP contribution in [0.1, 0.15) is 12.5 Å². The first-order chi connectivity index (χ1) is 10.4. The van der Waals surface area contributed by atoms with Gasteiger partial charge in [-0.25, -0.2) is 0 Å². The second kappa shape index (κ2) is 6.28. The average Bonchev–Trinajstić information content (AvgIpc) is 2.48. The van der Waals surface area contributed by atoms with Gasteiger partial charge in [0.25, 0.3) is 0 Å². The number of nitrogens with zero attached hydrogens (tertiary/aromatic N) is 1. The number of nitrogens with one attached hydrogen (secondary N) is 1. The molecule has 0 radical (unpaired) electrons. The summed E-state index contributed by atoms with van der Waals surface area (Å²) in [6.07, 6.45) is 0. The summed E-state index contributed by atoms with van der Waals surface area (Å²) in [7, 11) is -4.06. The SMILES string of the molecule is CC(=O)Nc1ccccc1OS(=O)(=O)c1ccc(C#N)cc1. The molecular formula is C15H12N2O4S. The second-order valence-electron chi connectivity index (χ2n) is 4.35. The van der Waals surface area contributed by atoms with E-state index in [-0.39, 0.29) is 22.2 Å². The summed E-state index contributed by atoms with van der Waals surface area (Å²) in [6, 6.07) is 13.5. The van der Waals surface area contributed by atoms with Gasteiger partial charge in [-0.1, -0.05) is 12.1 Å². The molecule has 0 fully saturated rings. The molecule has 1 N–H and O–H groups in total. The molecule has 0 aliphatic rings. The van der Waals surface area contributed by atoms with Crippen LogP contribution < -0.4 is 9.50 Å². The number of amides is 1. The van der Waals surface area contributed by atoms with Gasteiger partial charge in [0, 0.05) is 6.92 Å². The van der Waals surface area contributed by atoms with Gasteiger partial charge in [0.05, 0.1) is 17.3 Å². The standard InChI is InChI=1S/C15H12N2O4S/c1-11(18)17-14-4-2-3-5-15(14)21-22(19,20)13-8-6-12(10-16)7-9-13/h2-9H,1H3,(H,17,18). The van der Waals surface area contributed by atoms with Crippen molar-refractivity contribution in [2.24, 2.45) is 0 Å². The Morgan fingerprint density at radius 1 is 1.14 bits per heavy atom. The molecule has 22 heavy (non-hydrogen) atoms. The van der Waals surface area contributed by atoms with Gasteiger partial charge in [-0.15, -0.1) is 0 Å². The molecule has 0 saturated heterocycles. The third-order valence-corrected chi connectivity index (χ3v) is 3.92. The molecular weight excluding hydrogens is 304 g/mol. The molecule has 1 amide bonds. The number of rotatable bonds is 4. The first-order valence-corrected chi connectivity index (χ1v) is 7.64. The number of nitriles is 1. The first kappa shape index (κ1) is 15.5. The van der Waals surface area contributed by atoms with Gasteiger partial charge in [-0.2, -0.15) is 13.7 Å². The molecule has 7 heteroatoms. The van der Waals surface area contributed by atoms with Crippen LogP contribution in [-0.2, 0) is 14.9 Å². The van der Waals surface area contributed by atoms with Crippen molar-refractivity contribution >= 4 is 21.7 Å². The molecule has 2 rings (SSSR count). The zero-order valence-corrected chi connectivity index (χ0v) is 12.4. The Bertz CT molecular complexity index is 837. The van der Waals surface area contributed by atoms with Crippen LogP contribution in [0.2, 0.25) is 0 Å². The lowest BCUT2D eigenvalue weighted by Crippen LogP contribution is -2.13. The van der Waals surface area contributed by atoms with Gasteiger partial charge >= 0.3 is 10.1 Å². The molecule has 112 valence electrons. The summed E-state index contributed by atoms with van der Waals surface area (Å²) in [4.78, 5) is 11.0. The number of carbonyl (C=O) groups is 1. The Morgan fingerprint density at radius 3 is 2.36 bits per heavy atom. The average molecular weight is 316 g/mol. The van der Waals surface area contributed by atoms with Crippen molar-refractivity contribution in [3.8, 4) is 11.8 Å². The van der Waals surface area contributed by atoms with Gasteiger partial charge in [-0.3, -0.25) is 4.79 Å². The monoisotopic (exact) mass is 316 g/mol. The zero-order chi connectivity index (χ0) is 16.2. The Labute approximate surface area is 128 Å². The summed E-state index contributed by atoms with van der Waals surface area (Å²) >= 11 is 0. The van der Waals surface area contributed by atoms with Crippen LogP contribution in [0.25, 0.3) is 0 Å². The van der Waals surface area contributed by atoms with E-state index < -0.39 is 10.1 Å². The van der Waals surface area contributed by atoms with Crippen LogP contribution in [0.3, 0.4) is 0 Å². The van der Waals surface area contributed by atoms with E-state index in [1.165, 1.54) is 43.3 Å². The van der Waals surface area contributed by atoms with Gasteiger partial charge < -0.3 is 9.50 Å². The Hall–Kier alpha value is -2.85. The third-order valence-electron chi connectivity index (χ3n) is 2.67. The highest BCUT2D eigenvalue weighted by Gasteiger charge is 2.18. The molecule has 0 aromatic heterocycles. The Balaban J connectivity index is 2.32. The molecule has 0 atom stereocenters. The molecule has 0 saturated carbocycles. The highest BCUT2D eigenvalue weighted by molar-refractivity contribution is 7.87. The van der Waals surface area contributed by atoms with Crippen molar-refractivity contribution in [2.75, 3.05) is 5.32 Å². The Morgan fingerprint density at radius 2 is 1.77 bits per heavy atom. The van der Waals surface area contributed by atoms with Crippen molar-refractivity contribution in [3.63, 3.8) is 0 Å². The smallest absolute Gasteiger partial charge is 0.339 e. The maximum absolute atomic E-state index is 12.2. The second-order valence-corrected chi connectivity index (χ2v) is 5.90. The lowest BCUT2D eigenvalue weighted by Gasteiger charge is -2.11. The summed E-state index contributed by atoms with van der Waals surface area (Å²) in [5.74, 6) is -0.325. The van der Waals surface area contributed by atoms with Crippen LogP contribution in [-0.4, -0.2) is 14.3 Å². The number of carbonyl (C=O) groups excluding carboxylic acids is 1. The fourth-order valence-electron chi connectivity index (χ4n) is 1.69. The molecule has 0 heterocycles. The number of anilines is 1. The molecule has 0 aliphatic heterocycles. The predicted octanol–water partition coefficient (Wildman–Crippen LogP) is 2.28. The van der Waals surface area contributed by atoms with Crippen LogP contribution in [0, 0.1) is 11.3 Å². The third kappa shape index (κ3) is 3.62. The highest BCUT2D eigenvalue weighted by atomic mass is 32.2. The maximum Gasteiger partial charge on any atom is 0.339 e. The normalized spacial score (nSPS) is 10.5. The summed E-state index contributed by atoms with van der Waals surface area (Å²) in [5, 5.41) is 11.2. The quantitative estimate of drug-likeness (QED) is 0.873. The molecule has 2 aromatic carbocycles. The fourth-order valence-corrected chi connectivity index (χ4v) is 2.64. The fraction of sp³-hybridized carbons (Fsp3) is 0.0667. The summed E-state index contributed by atoms with van der Waals surface area (Å²) in [6.45, 7) is 1.31. The zero-order valence-electron chi connectivity index (χ0n) is 11.6. The van der Waals surface area contributed by atoms with Crippen LogP contribution in [0.15, 0.2) is 53.4 Å². The van der Waals surface area contributed by atoms with E-state index in [9.17, 15) is 13.2 Å². The molecule has 0 unspecified atom stereocenters. The van der Waals surface area contributed by atoms with Crippen molar-refractivity contribution in [3.05, 3.63) is 54.1 Å². The van der Waals surface area contributed by atoms with E-state index in [0.29, 0.717) is 5.56 Å². The van der Waals surface area contributed by atoms with Crippen molar-refractivity contribution in [1.82, 2.24) is 0 Å². The number of hydrogen-bond donors (Lipinski definition) is 1. The van der Waals surface area contributed by atoms with Crippen molar-refractivity contribution in [1.29, 1.82) is 5.26 Å². The van der Waals surface area contributed by atoms with Crippen molar-refractivity contribution < 1.29 is 17.4 Å². The molecule has 6 nitrogen and oxygen atoms in total. The Kier molecular flexibility index (Phi) is 4.44. The van der Waals surface area contributed by atoms with E-state index in [2.05, 4.69) is 5.32 Å². The number of hydrogen-bond acceptors (Lipinski definition) is 5. The topological polar surface area (TPSA) is 96.3 Å². The highest BCUT2D eigenvalue weighted by Crippen LogP contribution is 2.27. The lowest BCUT2D eigenvalue weighted by atomic mass is 10.2. The molecule has 2 aromatic rings. The van der Waals surface area contributed by atoms with Gasteiger partial charge in [-0.05, 0) is 36.4 Å². The summed E-state index contributed by atoms with van der Waals surface area (Å²) in [5.41, 5.74) is 0.602. The first-order valence-electron chi connectivity index (χ1n) is 6.23. The maximum atomic E-state index is 12.2. The molecule has 0 aliphatic carbocycles. The van der Waals surface area contributed by atoms with E-state index in [0.717, 1.165) is 0 Å². The lowest BCUT2D eigenvalue weighted by molar-refractivity contribution is -0.114. The van der Waals surface area contributed by atoms with Crippen molar-refractivity contribution in [2.45, 2.75) is 11.8 Å². The predicted molar refractivity (Wildman–Crippen MR) is 79.7 cm³/mol. The van der Waals surface area contributed by atoms with Crippen LogP contribution in [0.4, 0.5) is 5.69 Å². The van der Waals surface area contributed by atoms with E-state index in [4.69, 9.17) is 9.44 Å². The van der Waals surface area contributed by atoms with Gasteiger partial charge in [0.1, 0.15) is 4.90 Å². The summed E-state index contributed by atoms with van der Waals surface area (Å²) < 4.78 is 29.5. The molecule has 0 bridgehead atoms. The minimum absolute atomic E-state index is 0.0158. The van der Waals surface area contributed by atoms with Gasteiger partial charge in [0.2, 0.25) is 5.91 Å². The van der Waals surface area contributed by atoms with Crippen LogP contribution in [0.5, 0.6) is 5.75 Å². The molecule has 0 spiro atoms. The minimum Gasteiger partial charge on any atom is -0.377 e. The van der Waals surface area contributed by atoms with E-state index in [1.54, 1.807) is 12.1 Å². The van der Waals surface area contributed by atoms with E-state index in [1.807, 2.05) is 6.07 Å². The largest absolute Gasteiger partial charge is 0.377 e. The van der Waals surface area contributed by atoms with Crippen LogP contribution >= 0.6 is 0 Å². The van der Waals surface area contributed by atoms with Gasteiger partial charge in [0.15, 0.2) is 5.75 Å². The number of para-hydroxylation sites is 2.